The molecule has 1 aromatic carbocycles. The molecule has 1 heterocycles. The van der Waals surface area contributed by atoms with Crippen LogP contribution >= 0.6 is 0 Å². The molecule has 3 heteroatoms. The first-order valence-electron chi connectivity index (χ1n) is 5.44. The van der Waals surface area contributed by atoms with E-state index < -0.39 is 11.9 Å². The van der Waals surface area contributed by atoms with Gasteiger partial charge >= 0.3 is 5.97 Å². The van der Waals surface area contributed by atoms with E-state index in [4.69, 9.17) is 9.84 Å². The van der Waals surface area contributed by atoms with Crippen molar-refractivity contribution >= 4 is 5.97 Å². The average Bonchev–Trinajstić information content (AvgIpc) is 2.48. The number of carboxylic acids is 1. The average molecular weight is 220 g/mol. The van der Waals surface area contributed by atoms with E-state index in [1.165, 1.54) is 0 Å². The van der Waals surface area contributed by atoms with E-state index in [0.717, 1.165) is 23.3 Å². The maximum atomic E-state index is 10.9. The minimum absolute atomic E-state index is 0.173. The lowest BCUT2D eigenvalue weighted by molar-refractivity contribution is -0.138. The van der Waals surface area contributed by atoms with Gasteiger partial charge in [0, 0.05) is 6.42 Å². The van der Waals surface area contributed by atoms with Gasteiger partial charge in [0.1, 0.15) is 11.4 Å². The van der Waals surface area contributed by atoms with E-state index in [-0.39, 0.29) is 5.60 Å². The molecule has 1 aliphatic rings. The van der Waals surface area contributed by atoms with Crippen molar-refractivity contribution < 1.29 is 14.6 Å². The Balaban J connectivity index is 2.32. The summed E-state index contributed by atoms with van der Waals surface area (Å²) >= 11 is 0. The van der Waals surface area contributed by atoms with E-state index in [1.807, 2.05) is 32.0 Å². The molecule has 2 rings (SSSR count). The predicted molar refractivity (Wildman–Crippen MR) is 60.9 cm³/mol. The lowest BCUT2D eigenvalue weighted by Crippen LogP contribution is -2.24. The molecule has 0 saturated heterocycles. The Morgan fingerprint density at radius 2 is 2.19 bits per heavy atom. The molecule has 0 aromatic heterocycles. The van der Waals surface area contributed by atoms with Crippen molar-refractivity contribution in [3.8, 4) is 5.75 Å². The maximum Gasteiger partial charge on any atom is 0.310 e. The third-order valence-corrected chi connectivity index (χ3v) is 2.96. The fourth-order valence-corrected chi connectivity index (χ4v) is 2.04. The van der Waals surface area contributed by atoms with Crippen molar-refractivity contribution in [3.63, 3.8) is 0 Å². The molecular formula is C13H16O3. The molecule has 0 aliphatic carbocycles. The van der Waals surface area contributed by atoms with Crippen LogP contribution in [-0.2, 0) is 11.2 Å². The van der Waals surface area contributed by atoms with Gasteiger partial charge in [-0.05, 0) is 38.0 Å². The van der Waals surface area contributed by atoms with Crippen molar-refractivity contribution in [2.24, 2.45) is 0 Å². The summed E-state index contributed by atoms with van der Waals surface area (Å²) in [7, 11) is 0. The summed E-state index contributed by atoms with van der Waals surface area (Å²) in [6.45, 7) is 5.77. The van der Waals surface area contributed by atoms with Crippen molar-refractivity contribution in [2.45, 2.75) is 38.7 Å². The fourth-order valence-electron chi connectivity index (χ4n) is 2.04. The first-order chi connectivity index (χ1) is 7.39. The van der Waals surface area contributed by atoms with Gasteiger partial charge < -0.3 is 9.84 Å². The van der Waals surface area contributed by atoms with Crippen LogP contribution in [0, 0.1) is 0 Å². The Labute approximate surface area is 95.0 Å². The Kier molecular flexibility index (Phi) is 2.41. The third-order valence-electron chi connectivity index (χ3n) is 2.96. The van der Waals surface area contributed by atoms with Crippen LogP contribution in [0.25, 0.3) is 0 Å². The highest BCUT2D eigenvalue weighted by atomic mass is 16.5. The van der Waals surface area contributed by atoms with Crippen molar-refractivity contribution in [3.05, 3.63) is 29.3 Å². The molecule has 1 aliphatic heterocycles. The van der Waals surface area contributed by atoms with Crippen molar-refractivity contribution in [1.29, 1.82) is 0 Å². The third kappa shape index (κ3) is 1.90. The molecule has 0 bridgehead atoms. The number of fused-ring (bicyclic) bond motifs is 1. The van der Waals surface area contributed by atoms with E-state index >= 15 is 0 Å². The number of aliphatic carboxylic acids is 1. The Hall–Kier alpha value is -1.51. The summed E-state index contributed by atoms with van der Waals surface area (Å²) in [5.41, 5.74) is 1.77. The zero-order chi connectivity index (χ0) is 11.9. The van der Waals surface area contributed by atoms with Crippen molar-refractivity contribution in [1.82, 2.24) is 0 Å². The largest absolute Gasteiger partial charge is 0.487 e. The number of rotatable bonds is 2. The quantitative estimate of drug-likeness (QED) is 0.833. The van der Waals surface area contributed by atoms with Gasteiger partial charge in [-0.25, -0.2) is 0 Å². The number of hydrogen-bond acceptors (Lipinski definition) is 2. The summed E-state index contributed by atoms with van der Waals surface area (Å²) in [4.78, 5) is 10.9. The van der Waals surface area contributed by atoms with Crippen LogP contribution in [0.5, 0.6) is 5.75 Å². The second-order valence-electron chi connectivity index (χ2n) is 4.97. The van der Waals surface area contributed by atoms with Gasteiger partial charge in [0.25, 0.3) is 0 Å². The summed E-state index contributed by atoms with van der Waals surface area (Å²) in [6.07, 6.45) is 0.836. The Morgan fingerprint density at radius 3 is 2.81 bits per heavy atom. The minimum atomic E-state index is -0.793. The van der Waals surface area contributed by atoms with Gasteiger partial charge in [0.2, 0.25) is 0 Å². The topological polar surface area (TPSA) is 46.5 Å². The van der Waals surface area contributed by atoms with Crippen LogP contribution in [0.3, 0.4) is 0 Å². The first kappa shape index (κ1) is 11.0. The van der Waals surface area contributed by atoms with Gasteiger partial charge in [-0.1, -0.05) is 12.1 Å². The number of benzene rings is 1. The van der Waals surface area contributed by atoms with Crippen LogP contribution in [0.1, 0.15) is 37.8 Å². The molecule has 1 N–H and O–H groups in total. The van der Waals surface area contributed by atoms with Crippen LogP contribution in [0.4, 0.5) is 0 Å². The summed E-state index contributed by atoms with van der Waals surface area (Å²) in [6, 6.07) is 5.65. The second-order valence-corrected chi connectivity index (χ2v) is 4.97. The normalized spacial score (nSPS) is 18.7. The zero-order valence-corrected chi connectivity index (χ0v) is 9.78. The molecule has 0 fully saturated rings. The summed E-state index contributed by atoms with van der Waals surface area (Å²) < 4.78 is 5.74. The number of hydrogen-bond donors (Lipinski definition) is 1. The summed E-state index contributed by atoms with van der Waals surface area (Å²) in [5.74, 6) is -0.376. The molecule has 16 heavy (non-hydrogen) atoms. The highest BCUT2D eigenvalue weighted by Gasteiger charge is 2.30. The van der Waals surface area contributed by atoms with E-state index in [0.29, 0.717) is 0 Å². The van der Waals surface area contributed by atoms with Gasteiger partial charge in [0.15, 0.2) is 0 Å². The standard InChI is InChI=1S/C13H16O3/c1-8(12(14)15)9-4-5-11-10(6-9)7-13(2,3)16-11/h4-6,8H,7H2,1-3H3,(H,14,15). The maximum absolute atomic E-state index is 10.9. The summed E-state index contributed by atoms with van der Waals surface area (Å²) in [5, 5.41) is 8.96. The Morgan fingerprint density at radius 1 is 1.50 bits per heavy atom. The molecule has 0 spiro atoms. The number of carboxylic acid groups (broad SMARTS) is 1. The highest BCUT2D eigenvalue weighted by molar-refractivity contribution is 5.75. The van der Waals surface area contributed by atoms with Crippen LogP contribution in [0.2, 0.25) is 0 Å². The van der Waals surface area contributed by atoms with Crippen LogP contribution in [0.15, 0.2) is 18.2 Å². The van der Waals surface area contributed by atoms with E-state index in [9.17, 15) is 4.79 Å². The van der Waals surface area contributed by atoms with Gasteiger partial charge in [-0.15, -0.1) is 0 Å². The van der Waals surface area contributed by atoms with Crippen LogP contribution in [-0.4, -0.2) is 16.7 Å². The zero-order valence-electron chi connectivity index (χ0n) is 9.78. The lowest BCUT2D eigenvalue weighted by Gasteiger charge is -2.16. The molecule has 0 radical (unpaired) electrons. The SMILES string of the molecule is CC(C(=O)O)c1ccc2c(c1)CC(C)(C)O2. The highest BCUT2D eigenvalue weighted by Crippen LogP contribution is 2.36. The molecular weight excluding hydrogens is 204 g/mol. The van der Waals surface area contributed by atoms with Gasteiger partial charge in [-0.3, -0.25) is 4.79 Å². The number of ether oxygens (including phenoxy) is 1. The first-order valence-corrected chi connectivity index (χ1v) is 5.44. The molecule has 1 atom stereocenters. The number of carbonyl (C=O) groups is 1. The van der Waals surface area contributed by atoms with Crippen molar-refractivity contribution in [2.75, 3.05) is 0 Å². The molecule has 1 aromatic rings. The van der Waals surface area contributed by atoms with Crippen LogP contribution < -0.4 is 4.74 Å². The molecule has 3 nitrogen and oxygen atoms in total. The van der Waals surface area contributed by atoms with Gasteiger partial charge in [0.05, 0.1) is 5.92 Å². The fraction of sp³-hybridized carbons (Fsp3) is 0.462. The second kappa shape index (κ2) is 3.51. The van der Waals surface area contributed by atoms with Gasteiger partial charge in [-0.2, -0.15) is 0 Å². The monoisotopic (exact) mass is 220 g/mol. The van der Waals surface area contributed by atoms with E-state index in [1.54, 1.807) is 6.92 Å². The Bertz CT molecular complexity index is 435. The predicted octanol–water partition coefficient (Wildman–Crippen LogP) is 2.59. The molecule has 1 unspecified atom stereocenters. The minimum Gasteiger partial charge on any atom is -0.487 e. The smallest absolute Gasteiger partial charge is 0.310 e. The molecule has 0 amide bonds. The molecule has 0 saturated carbocycles. The van der Waals surface area contributed by atoms with E-state index in [2.05, 4.69) is 0 Å². The lowest BCUT2D eigenvalue weighted by atomic mass is 9.95. The molecule has 86 valence electrons.